The monoisotopic (exact) mass is 352 g/mol. The molecule has 0 saturated carbocycles. The molecular formula is C19H28O6. The summed E-state index contributed by atoms with van der Waals surface area (Å²) in [6.45, 7) is 7.34. The minimum Gasteiger partial charge on any atom is -0.455 e. The van der Waals surface area contributed by atoms with Gasteiger partial charge in [0.2, 0.25) is 0 Å². The molecule has 6 nitrogen and oxygen atoms in total. The number of hydrogen-bond acceptors (Lipinski definition) is 6. The van der Waals surface area contributed by atoms with Crippen molar-refractivity contribution in [2.75, 3.05) is 0 Å². The van der Waals surface area contributed by atoms with Crippen molar-refractivity contribution < 1.29 is 29.2 Å². The van der Waals surface area contributed by atoms with Crippen LogP contribution in [0.1, 0.15) is 45.8 Å². The predicted molar refractivity (Wildman–Crippen MR) is 91.9 cm³/mol. The molecule has 0 amide bonds. The first-order chi connectivity index (χ1) is 11.8. The Bertz CT molecular complexity index is 544. The Labute approximate surface area is 148 Å². The molecule has 0 aromatic heterocycles. The van der Waals surface area contributed by atoms with E-state index < -0.39 is 36.5 Å². The maximum Gasteiger partial charge on any atom is 0.309 e. The van der Waals surface area contributed by atoms with Crippen molar-refractivity contribution in [2.24, 2.45) is 0 Å². The Morgan fingerprint density at radius 1 is 1.00 bits per heavy atom. The van der Waals surface area contributed by atoms with Crippen LogP contribution in [-0.2, 0) is 19.0 Å². The molecule has 0 bridgehead atoms. The lowest BCUT2D eigenvalue weighted by Crippen LogP contribution is -2.53. The molecule has 0 spiro atoms. The minimum absolute atomic E-state index is 0.0529. The highest BCUT2D eigenvalue weighted by Gasteiger charge is 2.44. The van der Waals surface area contributed by atoms with E-state index in [4.69, 9.17) is 14.2 Å². The first-order valence-corrected chi connectivity index (χ1v) is 8.71. The first kappa shape index (κ1) is 19.8. The topological polar surface area (TPSA) is 85.2 Å². The molecule has 1 heterocycles. The average molecular weight is 352 g/mol. The lowest BCUT2D eigenvalue weighted by atomic mass is 9.92. The van der Waals surface area contributed by atoms with Crippen LogP contribution in [0.2, 0.25) is 0 Å². The fourth-order valence-corrected chi connectivity index (χ4v) is 3.00. The Morgan fingerprint density at radius 2 is 1.60 bits per heavy atom. The van der Waals surface area contributed by atoms with Gasteiger partial charge in [0.25, 0.3) is 0 Å². The Morgan fingerprint density at radius 3 is 2.16 bits per heavy atom. The average Bonchev–Trinajstić information content (AvgIpc) is 2.55. The van der Waals surface area contributed by atoms with E-state index in [1.165, 1.54) is 0 Å². The van der Waals surface area contributed by atoms with E-state index in [1.807, 2.05) is 33.8 Å². The molecule has 140 valence electrons. The molecular weight excluding hydrogens is 324 g/mol. The van der Waals surface area contributed by atoms with Crippen molar-refractivity contribution >= 4 is 5.97 Å². The van der Waals surface area contributed by atoms with Crippen molar-refractivity contribution in [3.8, 4) is 0 Å². The summed E-state index contributed by atoms with van der Waals surface area (Å²) in [5, 5.41) is 21.4. The van der Waals surface area contributed by atoms with Gasteiger partial charge in [0, 0.05) is 0 Å². The summed E-state index contributed by atoms with van der Waals surface area (Å²) in [7, 11) is 0. The Balaban J connectivity index is 2.33. The predicted octanol–water partition coefficient (Wildman–Crippen LogP) is 1.98. The molecule has 6 heteroatoms. The number of carbonyl (C=O) groups excluding carboxylic acids is 1. The Kier molecular flexibility index (Phi) is 6.95. The van der Waals surface area contributed by atoms with Crippen molar-refractivity contribution in [3.05, 3.63) is 35.9 Å². The molecule has 1 aromatic carbocycles. The number of rotatable bonds is 5. The van der Waals surface area contributed by atoms with Crippen LogP contribution in [0, 0.1) is 0 Å². The van der Waals surface area contributed by atoms with Crippen molar-refractivity contribution in [2.45, 2.75) is 76.8 Å². The van der Waals surface area contributed by atoms with E-state index >= 15 is 0 Å². The summed E-state index contributed by atoms with van der Waals surface area (Å²) < 4.78 is 17.0. The second-order valence-corrected chi connectivity index (χ2v) is 6.88. The third kappa shape index (κ3) is 5.25. The second-order valence-electron chi connectivity index (χ2n) is 6.88. The molecule has 2 N–H and O–H groups in total. The summed E-state index contributed by atoms with van der Waals surface area (Å²) in [5.74, 6) is -0.497. The number of benzene rings is 1. The maximum absolute atomic E-state index is 12.3. The number of cyclic esters (lactones) is 1. The van der Waals surface area contributed by atoms with Crippen LogP contribution in [-0.4, -0.2) is 52.8 Å². The molecule has 1 aliphatic heterocycles. The van der Waals surface area contributed by atoms with Gasteiger partial charge in [0.15, 0.2) is 6.10 Å². The molecule has 25 heavy (non-hydrogen) atoms. The van der Waals surface area contributed by atoms with Gasteiger partial charge in [-0.1, -0.05) is 30.3 Å². The van der Waals surface area contributed by atoms with Crippen LogP contribution in [0.3, 0.4) is 0 Å². The van der Waals surface area contributed by atoms with E-state index in [9.17, 15) is 15.0 Å². The number of ether oxygens (including phenoxy) is 3. The van der Waals surface area contributed by atoms with Crippen LogP contribution in [0.4, 0.5) is 0 Å². The zero-order valence-electron chi connectivity index (χ0n) is 15.2. The van der Waals surface area contributed by atoms with Gasteiger partial charge in [-0.25, -0.2) is 0 Å². The highest BCUT2D eigenvalue weighted by molar-refractivity contribution is 5.70. The lowest BCUT2D eigenvalue weighted by molar-refractivity contribution is -0.212. The van der Waals surface area contributed by atoms with E-state index in [1.54, 1.807) is 24.3 Å². The van der Waals surface area contributed by atoms with Gasteiger partial charge in [0.1, 0.15) is 18.3 Å². The SMILES string of the molecule is CC(C)O[C@H]1[C@@H](O)[C@H](O)[C@@H](c2ccccc2)OC(=O)C[C@H]1OC(C)C. The van der Waals surface area contributed by atoms with Crippen LogP contribution in [0.25, 0.3) is 0 Å². The summed E-state index contributed by atoms with van der Waals surface area (Å²) in [5.41, 5.74) is 0.619. The summed E-state index contributed by atoms with van der Waals surface area (Å²) in [6.07, 6.45) is -5.49. The molecule has 0 aliphatic carbocycles. The largest absolute Gasteiger partial charge is 0.455 e. The molecule has 1 saturated heterocycles. The van der Waals surface area contributed by atoms with Crippen LogP contribution >= 0.6 is 0 Å². The summed E-state index contributed by atoms with van der Waals surface area (Å²) >= 11 is 0. The smallest absolute Gasteiger partial charge is 0.309 e. The fraction of sp³-hybridized carbons (Fsp3) is 0.632. The van der Waals surface area contributed by atoms with Crippen molar-refractivity contribution in [3.63, 3.8) is 0 Å². The molecule has 0 radical (unpaired) electrons. The molecule has 1 aliphatic rings. The van der Waals surface area contributed by atoms with Gasteiger partial charge in [-0.3, -0.25) is 4.79 Å². The quantitative estimate of drug-likeness (QED) is 0.788. The zero-order chi connectivity index (χ0) is 18.6. The van der Waals surface area contributed by atoms with E-state index in [0.29, 0.717) is 5.56 Å². The van der Waals surface area contributed by atoms with Gasteiger partial charge >= 0.3 is 5.97 Å². The van der Waals surface area contributed by atoms with Crippen molar-refractivity contribution in [1.29, 1.82) is 0 Å². The Hall–Kier alpha value is -1.47. The second kappa shape index (κ2) is 8.76. The highest BCUT2D eigenvalue weighted by atomic mass is 16.6. The standard InChI is InChI=1S/C19H28O6/c1-11(2)23-14-10-15(20)25-18(13-8-6-5-7-9-13)16(21)17(22)19(14)24-12(3)4/h5-9,11-12,14,16-19,21-22H,10H2,1-4H3/t14-,16+,17+,18-,19-/m1/s1. The summed E-state index contributed by atoms with van der Waals surface area (Å²) in [6, 6.07) is 8.89. The molecule has 2 rings (SSSR count). The molecule has 1 fully saturated rings. The van der Waals surface area contributed by atoms with Gasteiger partial charge < -0.3 is 24.4 Å². The number of esters is 1. The number of aliphatic hydroxyl groups is 2. The van der Waals surface area contributed by atoms with Gasteiger partial charge in [0.05, 0.1) is 24.7 Å². The van der Waals surface area contributed by atoms with Crippen LogP contribution in [0.5, 0.6) is 0 Å². The molecule has 5 atom stereocenters. The van der Waals surface area contributed by atoms with Gasteiger partial charge in [-0.15, -0.1) is 0 Å². The zero-order valence-corrected chi connectivity index (χ0v) is 15.2. The third-order valence-electron chi connectivity index (χ3n) is 3.99. The van der Waals surface area contributed by atoms with Crippen LogP contribution < -0.4 is 0 Å². The van der Waals surface area contributed by atoms with Crippen LogP contribution in [0.15, 0.2) is 30.3 Å². The highest BCUT2D eigenvalue weighted by Crippen LogP contribution is 2.31. The first-order valence-electron chi connectivity index (χ1n) is 8.71. The minimum atomic E-state index is -1.33. The third-order valence-corrected chi connectivity index (χ3v) is 3.99. The van der Waals surface area contributed by atoms with Gasteiger partial charge in [-0.2, -0.15) is 0 Å². The van der Waals surface area contributed by atoms with E-state index in [2.05, 4.69) is 0 Å². The van der Waals surface area contributed by atoms with Crippen molar-refractivity contribution in [1.82, 2.24) is 0 Å². The number of carbonyl (C=O) groups is 1. The number of aliphatic hydroxyl groups excluding tert-OH is 2. The van der Waals surface area contributed by atoms with E-state index in [-0.39, 0.29) is 18.6 Å². The maximum atomic E-state index is 12.3. The number of hydrogen-bond donors (Lipinski definition) is 2. The molecule has 0 unspecified atom stereocenters. The van der Waals surface area contributed by atoms with Gasteiger partial charge in [-0.05, 0) is 33.3 Å². The summed E-state index contributed by atoms with van der Waals surface area (Å²) in [4.78, 5) is 12.3. The fourth-order valence-electron chi connectivity index (χ4n) is 3.00. The normalized spacial score (nSPS) is 30.9. The van der Waals surface area contributed by atoms with E-state index in [0.717, 1.165) is 0 Å². The lowest BCUT2D eigenvalue weighted by Gasteiger charge is -2.39. The molecule has 1 aromatic rings.